The topological polar surface area (TPSA) is 81.0 Å². The van der Waals surface area contributed by atoms with Gasteiger partial charge in [0.15, 0.2) is 11.2 Å². The zero-order valence-corrected chi connectivity index (χ0v) is 15.2. The number of rotatable bonds is 1. The highest BCUT2D eigenvalue weighted by atomic mass is 16.7. The third-order valence-corrected chi connectivity index (χ3v) is 8.82. The average molecular weight is 358 g/mol. The number of cyclic esters (lactones) is 1. The van der Waals surface area contributed by atoms with Crippen LogP contribution in [0.25, 0.3) is 0 Å². The molecule has 0 aromatic carbocycles. The maximum atomic E-state index is 13.6. The van der Waals surface area contributed by atoms with Crippen LogP contribution in [-0.2, 0) is 28.5 Å². The highest BCUT2D eigenvalue weighted by molar-refractivity contribution is 6.05. The van der Waals surface area contributed by atoms with E-state index >= 15 is 0 Å². The lowest BCUT2D eigenvalue weighted by Crippen LogP contribution is -2.67. The van der Waals surface area contributed by atoms with Crippen LogP contribution in [-0.4, -0.2) is 53.5 Å². The molecule has 0 bridgehead atoms. The zero-order valence-electron chi connectivity index (χ0n) is 15.2. The molecule has 1 unspecified atom stereocenters. The van der Waals surface area contributed by atoms with Gasteiger partial charge in [-0.15, -0.1) is 0 Å². The van der Waals surface area contributed by atoms with Gasteiger partial charge in [0.05, 0.1) is 6.10 Å². The van der Waals surface area contributed by atoms with Crippen LogP contribution in [0.5, 0.6) is 0 Å². The van der Waals surface area contributed by atoms with E-state index in [1.54, 1.807) is 0 Å². The number of fused-ring (bicyclic) bond motifs is 4. The second-order valence-electron chi connectivity index (χ2n) is 9.72. The Hall–Kier alpha value is -1.24. The van der Waals surface area contributed by atoms with Crippen LogP contribution in [0.3, 0.4) is 0 Å². The van der Waals surface area contributed by atoms with E-state index in [0.717, 1.165) is 24.0 Å². The van der Waals surface area contributed by atoms with Gasteiger partial charge in [-0.2, -0.15) is 0 Å². The summed E-state index contributed by atoms with van der Waals surface area (Å²) in [6.45, 7) is 6.72. The summed E-state index contributed by atoms with van der Waals surface area (Å²) in [5, 5.41) is 0. The Morgan fingerprint density at radius 2 is 1.92 bits per heavy atom. The van der Waals surface area contributed by atoms with Crippen molar-refractivity contribution in [3.05, 3.63) is 11.1 Å². The SMILES string of the molecule is CC(C)[C@]12O[C@H]1[C@@H]1O[C@@]13[C@@]1(C)CCC4=C(COC4=O)[C@@H]1CC1O[C@@]13C2=O. The molecule has 4 aliphatic heterocycles. The minimum Gasteiger partial charge on any atom is -0.458 e. The minimum absolute atomic E-state index is 0.0689. The molecule has 0 aromatic rings. The maximum absolute atomic E-state index is 13.6. The first-order chi connectivity index (χ1) is 12.3. The fourth-order valence-corrected chi connectivity index (χ4v) is 7.41. The van der Waals surface area contributed by atoms with Gasteiger partial charge in [0.25, 0.3) is 0 Å². The van der Waals surface area contributed by atoms with Crippen LogP contribution in [0, 0.1) is 17.3 Å². The van der Waals surface area contributed by atoms with E-state index in [0.29, 0.717) is 13.0 Å². The molecule has 3 saturated heterocycles. The van der Waals surface area contributed by atoms with Crippen molar-refractivity contribution in [2.45, 2.75) is 75.1 Å². The summed E-state index contributed by atoms with van der Waals surface area (Å²) in [6, 6.07) is 0. The van der Waals surface area contributed by atoms with Gasteiger partial charge < -0.3 is 18.9 Å². The van der Waals surface area contributed by atoms with Gasteiger partial charge in [0, 0.05) is 11.0 Å². The number of Topliss-reactive ketones (excluding diaryl/α,β-unsaturated/α-hetero) is 1. The summed E-state index contributed by atoms with van der Waals surface area (Å²) in [5.41, 5.74) is -0.371. The molecule has 8 atom stereocenters. The average Bonchev–Trinajstić information content (AvgIpc) is 3.47. The number of epoxide rings is 3. The predicted octanol–water partition coefficient (Wildman–Crippen LogP) is 1.31. The Bertz CT molecular complexity index is 860. The third-order valence-electron chi connectivity index (χ3n) is 8.82. The number of ketones is 1. The van der Waals surface area contributed by atoms with Gasteiger partial charge >= 0.3 is 5.97 Å². The second kappa shape index (κ2) is 3.69. The van der Waals surface area contributed by atoms with Crippen molar-refractivity contribution in [2.24, 2.45) is 17.3 Å². The summed E-state index contributed by atoms with van der Waals surface area (Å²) >= 11 is 0. The quantitative estimate of drug-likeness (QED) is 0.519. The lowest BCUT2D eigenvalue weighted by molar-refractivity contribution is -0.139. The molecule has 0 aromatic heterocycles. The monoisotopic (exact) mass is 358 g/mol. The molecule has 6 nitrogen and oxygen atoms in total. The van der Waals surface area contributed by atoms with E-state index in [9.17, 15) is 9.59 Å². The van der Waals surface area contributed by atoms with Crippen molar-refractivity contribution >= 4 is 11.8 Å². The van der Waals surface area contributed by atoms with Crippen LogP contribution in [0.2, 0.25) is 0 Å². The summed E-state index contributed by atoms with van der Waals surface area (Å²) in [5.74, 6) is 0.252. The molecule has 6 heteroatoms. The summed E-state index contributed by atoms with van der Waals surface area (Å²) in [7, 11) is 0. The Morgan fingerprint density at radius 1 is 1.12 bits per heavy atom. The smallest absolute Gasteiger partial charge is 0.334 e. The minimum atomic E-state index is -0.832. The molecule has 5 fully saturated rings. The fourth-order valence-electron chi connectivity index (χ4n) is 7.41. The molecular weight excluding hydrogens is 336 g/mol. The first kappa shape index (κ1) is 14.8. The predicted molar refractivity (Wildman–Crippen MR) is 86.1 cm³/mol. The second-order valence-corrected chi connectivity index (χ2v) is 9.72. The Balaban J connectivity index is 1.40. The van der Waals surface area contributed by atoms with Crippen LogP contribution in [0.1, 0.15) is 40.0 Å². The van der Waals surface area contributed by atoms with Crippen LogP contribution >= 0.6 is 0 Å². The van der Waals surface area contributed by atoms with Crippen molar-refractivity contribution in [1.29, 1.82) is 0 Å². The maximum Gasteiger partial charge on any atom is 0.334 e. The summed E-state index contributed by atoms with van der Waals surface area (Å²) in [4.78, 5) is 25.7. The lowest BCUT2D eigenvalue weighted by atomic mass is 9.47. The third kappa shape index (κ3) is 1.10. The van der Waals surface area contributed by atoms with E-state index in [1.165, 1.54) is 0 Å². The van der Waals surface area contributed by atoms with E-state index in [1.807, 2.05) is 13.8 Å². The number of hydrogen-bond acceptors (Lipinski definition) is 6. The number of ether oxygens (including phenoxy) is 4. The molecule has 0 N–H and O–H groups in total. The number of carbonyl (C=O) groups is 2. The number of hydrogen-bond donors (Lipinski definition) is 0. The zero-order chi connectivity index (χ0) is 17.9. The number of carbonyl (C=O) groups excluding carboxylic acids is 2. The van der Waals surface area contributed by atoms with Crippen molar-refractivity contribution in [3.8, 4) is 0 Å². The first-order valence-electron chi connectivity index (χ1n) is 9.82. The van der Waals surface area contributed by atoms with Gasteiger partial charge in [-0.1, -0.05) is 20.8 Å². The Kier molecular flexibility index (Phi) is 2.10. The first-order valence-corrected chi connectivity index (χ1v) is 9.82. The van der Waals surface area contributed by atoms with Gasteiger partial charge in [-0.25, -0.2) is 4.79 Å². The summed E-state index contributed by atoms with van der Waals surface area (Å²) < 4.78 is 24.1. The van der Waals surface area contributed by atoms with Gasteiger partial charge in [0.1, 0.15) is 24.4 Å². The van der Waals surface area contributed by atoms with Crippen LogP contribution in [0.15, 0.2) is 11.1 Å². The molecule has 26 heavy (non-hydrogen) atoms. The van der Waals surface area contributed by atoms with E-state index in [4.69, 9.17) is 18.9 Å². The summed E-state index contributed by atoms with van der Waals surface area (Å²) in [6.07, 6.45) is 1.97. The van der Waals surface area contributed by atoms with Gasteiger partial charge in [-0.05, 0) is 36.7 Å². The molecule has 2 saturated carbocycles. The standard InChI is InChI=1S/C20H22O6/c1-8(2)18-13(25-18)14-20(26-14)17(3)5-4-9-10(7-23-15(9)21)11(17)6-12-19(20,24-12)16(18)22/h8,11-14H,4-7H2,1-3H3/t11-,12?,13-,14-,17-,18-,19+,20+/m0/s1. The van der Waals surface area contributed by atoms with Crippen molar-refractivity contribution in [3.63, 3.8) is 0 Å². The van der Waals surface area contributed by atoms with Gasteiger partial charge in [-0.3, -0.25) is 4.79 Å². The highest BCUT2D eigenvalue weighted by Gasteiger charge is 3.00. The van der Waals surface area contributed by atoms with E-state index < -0.39 is 16.8 Å². The number of esters is 1. The van der Waals surface area contributed by atoms with Crippen molar-refractivity contribution in [2.75, 3.05) is 6.61 Å². The molecular formula is C20H22O6. The largest absolute Gasteiger partial charge is 0.458 e. The molecule has 2 spiro atoms. The Labute approximate surface area is 151 Å². The lowest BCUT2D eigenvalue weighted by Gasteiger charge is -2.51. The molecule has 138 valence electrons. The molecule has 4 heterocycles. The molecule has 0 amide bonds. The molecule has 7 aliphatic rings. The Morgan fingerprint density at radius 3 is 2.69 bits per heavy atom. The van der Waals surface area contributed by atoms with E-state index in [2.05, 4.69) is 6.92 Å². The normalized spacial score (nSPS) is 60.3. The van der Waals surface area contributed by atoms with Gasteiger partial charge in [0.2, 0.25) is 5.78 Å². The van der Waals surface area contributed by atoms with Crippen LogP contribution < -0.4 is 0 Å². The fraction of sp³-hybridized carbons (Fsp3) is 0.800. The van der Waals surface area contributed by atoms with Crippen molar-refractivity contribution in [1.82, 2.24) is 0 Å². The van der Waals surface area contributed by atoms with Crippen LogP contribution in [0.4, 0.5) is 0 Å². The molecule has 7 rings (SSSR count). The molecule has 3 aliphatic carbocycles. The van der Waals surface area contributed by atoms with E-state index in [-0.39, 0.29) is 47.3 Å². The molecule has 0 radical (unpaired) electrons. The highest BCUT2D eigenvalue weighted by Crippen LogP contribution is 2.81. The van der Waals surface area contributed by atoms with Crippen molar-refractivity contribution < 1.29 is 28.5 Å².